The molecule has 45 heavy (non-hydrogen) atoms. The molecule has 2 fully saturated rings. The molecule has 0 saturated carbocycles. The molecule has 3 aliphatic heterocycles. The molecule has 1 aliphatic carbocycles. The van der Waals surface area contributed by atoms with E-state index in [0.29, 0.717) is 59.9 Å². The van der Waals surface area contributed by atoms with E-state index >= 15 is 0 Å². The molecule has 2 saturated heterocycles. The molecule has 4 aliphatic rings. The van der Waals surface area contributed by atoms with Crippen molar-refractivity contribution in [3.63, 3.8) is 0 Å². The summed E-state index contributed by atoms with van der Waals surface area (Å²) in [5, 5.41) is 32.0. The maximum Gasteiger partial charge on any atom is 0.186 e. The number of nitrogens with zero attached hydrogens (tertiary/aromatic N) is 8. The summed E-state index contributed by atoms with van der Waals surface area (Å²) in [6.45, 7) is 6.87. The van der Waals surface area contributed by atoms with Crippen molar-refractivity contribution in [2.75, 3.05) is 43.9 Å². The van der Waals surface area contributed by atoms with Gasteiger partial charge in [-0.25, -0.2) is 14.6 Å². The lowest BCUT2D eigenvalue weighted by Gasteiger charge is -2.38. The molecule has 3 N–H and O–H groups in total. The molecule has 4 aromatic rings. The van der Waals surface area contributed by atoms with E-state index in [1.807, 2.05) is 17.8 Å². The fourth-order valence-corrected chi connectivity index (χ4v) is 9.43. The first-order chi connectivity index (χ1) is 21.7. The standard InChI is InChI=1S/C32H39N9O3S/c1-18(22-7-5-12-39(22)3)41-30-21(16-35-41)29(40-13-6-10-31(2,42)17-40)36-28(37-30)25-19-9-14-43-32(26(19)44-38-25)11-4-8-23-24(32)20(15-33)27(34)45-23/h16,18,22,42H,4-14,17,34H2,1-3H3. The second-order valence-corrected chi connectivity index (χ2v) is 14.7. The summed E-state index contributed by atoms with van der Waals surface area (Å²) >= 11 is 1.47. The smallest absolute Gasteiger partial charge is 0.186 e. The van der Waals surface area contributed by atoms with Gasteiger partial charge in [0.15, 0.2) is 28.5 Å². The van der Waals surface area contributed by atoms with Crippen LogP contribution in [0.1, 0.15) is 85.7 Å². The summed E-state index contributed by atoms with van der Waals surface area (Å²) in [6, 6.07) is 2.79. The predicted molar refractivity (Wildman–Crippen MR) is 170 cm³/mol. The lowest BCUT2D eigenvalue weighted by Crippen LogP contribution is -2.46. The minimum Gasteiger partial charge on any atom is -0.389 e. The average molecular weight is 630 g/mol. The molecule has 13 heteroatoms. The number of β-amino-alcohol motifs (C(OH)–C–C–N with tert-alkyl or cyclic N) is 1. The molecule has 0 amide bonds. The maximum atomic E-state index is 11.0. The van der Waals surface area contributed by atoms with Gasteiger partial charge in [0.25, 0.3) is 0 Å². The number of rotatable bonds is 4. The second-order valence-electron chi connectivity index (χ2n) is 13.5. The normalized spacial score (nSPS) is 27.5. The number of fused-ring (bicyclic) bond motifs is 5. The number of likely N-dealkylation sites (tertiary alicyclic amines) is 1. The van der Waals surface area contributed by atoms with E-state index in [2.05, 4.69) is 35.0 Å². The summed E-state index contributed by atoms with van der Waals surface area (Å²) < 4.78 is 14.8. The average Bonchev–Trinajstić information content (AvgIpc) is 3.81. The van der Waals surface area contributed by atoms with E-state index < -0.39 is 11.2 Å². The monoisotopic (exact) mass is 629 g/mol. The van der Waals surface area contributed by atoms with E-state index in [1.165, 1.54) is 17.8 Å². The van der Waals surface area contributed by atoms with Gasteiger partial charge in [-0.3, -0.25) is 0 Å². The summed E-state index contributed by atoms with van der Waals surface area (Å²) in [4.78, 5) is 15.9. The third-order valence-corrected chi connectivity index (χ3v) is 11.5. The molecule has 0 bridgehead atoms. The molecule has 0 aromatic carbocycles. The van der Waals surface area contributed by atoms with Crippen LogP contribution in [0.15, 0.2) is 10.7 Å². The first kappa shape index (κ1) is 28.9. The van der Waals surface area contributed by atoms with Gasteiger partial charge in [-0.15, -0.1) is 11.3 Å². The van der Waals surface area contributed by atoms with Crippen molar-refractivity contribution in [2.24, 2.45) is 0 Å². The molecule has 8 rings (SSSR count). The number of aryl methyl sites for hydroxylation is 1. The van der Waals surface area contributed by atoms with E-state index in [0.717, 1.165) is 78.0 Å². The van der Waals surface area contributed by atoms with Crippen LogP contribution in [0.4, 0.5) is 10.8 Å². The van der Waals surface area contributed by atoms with Crippen molar-refractivity contribution in [3.05, 3.63) is 33.5 Å². The van der Waals surface area contributed by atoms with Crippen LogP contribution in [-0.2, 0) is 23.2 Å². The number of ether oxygens (including phenoxy) is 1. The first-order valence-corrected chi connectivity index (χ1v) is 16.9. The van der Waals surface area contributed by atoms with E-state index in [9.17, 15) is 10.4 Å². The number of anilines is 2. The van der Waals surface area contributed by atoms with Crippen LogP contribution < -0.4 is 10.6 Å². The zero-order chi connectivity index (χ0) is 31.1. The number of nitrogen functional groups attached to an aromatic ring is 1. The van der Waals surface area contributed by atoms with Crippen LogP contribution in [0, 0.1) is 11.3 Å². The molecule has 0 radical (unpaired) electrons. The van der Waals surface area contributed by atoms with Gasteiger partial charge in [0, 0.05) is 41.6 Å². The highest BCUT2D eigenvalue weighted by Gasteiger charge is 2.50. The molecular formula is C32H39N9O3S. The van der Waals surface area contributed by atoms with Crippen LogP contribution >= 0.6 is 11.3 Å². The van der Waals surface area contributed by atoms with Gasteiger partial charge in [-0.2, -0.15) is 10.4 Å². The topological polar surface area (TPSA) is 155 Å². The number of piperidine rings is 1. The summed E-state index contributed by atoms with van der Waals surface area (Å²) in [5.74, 6) is 1.85. The Kier molecular flexibility index (Phi) is 6.73. The molecule has 7 heterocycles. The number of nitrogens with two attached hydrogens (primary N) is 1. The van der Waals surface area contributed by atoms with E-state index in [-0.39, 0.29) is 6.04 Å². The highest BCUT2D eigenvalue weighted by atomic mass is 32.1. The predicted octanol–water partition coefficient (Wildman–Crippen LogP) is 4.16. The zero-order valence-electron chi connectivity index (χ0n) is 26.0. The Morgan fingerprint density at radius 3 is 2.84 bits per heavy atom. The molecular weight excluding hydrogens is 590 g/mol. The second kappa shape index (κ2) is 10.5. The molecule has 236 valence electrons. The van der Waals surface area contributed by atoms with Crippen molar-refractivity contribution in [1.82, 2.24) is 29.8 Å². The van der Waals surface area contributed by atoms with Crippen molar-refractivity contribution in [1.29, 1.82) is 5.26 Å². The highest BCUT2D eigenvalue weighted by Crippen LogP contribution is 2.53. The molecule has 4 unspecified atom stereocenters. The Morgan fingerprint density at radius 2 is 2.07 bits per heavy atom. The van der Waals surface area contributed by atoms with Gasteiger partial charge in [0.1, 0.15) is 16.9 Å². The molecule has 4 aromatic heterocycles. The zero-order valence-corrected chi connectivity index (χ0v) is 26.9. The van der Waals surface area contributed by atoms with Crippen molar-refractivity contribution in [3.8, 4) is 17.6 Å². The minimum absolute atomic E-state index is 0.104. The third-order valence-electron chi connectivity index (χ3n) is 10.5. The van der Waals surface area contributed by atoms with Crippen LogP contribution in [0.2, 0.25) is 0 Å². The van der Waals surface area contributed by atoms with Gasteiger partial charge in [-0.1, -0.05) is 5.16 Å². The molecule has 4 atom stereocenters. The van der Waals surface area contributed by atoms with Crippen molar-refractivity contribution >= 4 is 33.2 Å². The SMILES string of the molecule is CC(C1CCCN1C)n1ncc2c(N3CCCC(C)(O)C3)nc(-c3noc4c3CCOC43CCCc4sc(N)c(C#N)c43)nc21. The number of hydrogen-bond donors (Lipinski definition) is 2. The molecule has 1 spiro atoms. The largest absolute Gasteiger partial charge is 0.389 e. The number of aromatic nitrogens is 5. The van der Waals surface area contributed by atoms with Gasteiger partial charge in [0.2, 0.25) is 0 Å². The number of aliphatic hydroxyl groups is 1. The highest BCUT2D eigenvalue weighted by molar-refractivity contribution is 7.16. The minimum atomic E-state index is -0.909. The summed E-state index contributed by atoms with van der Waals surface area (Å²) in [5.41, 5.74) is 8.16. The van der Waals surface area contributed by atoms with Crippen LogP contribution in [0.5, 0.6) is 0 Å². The number of nitriles is 1. The van der Waals surface area contributed by atoms with Crippen LogP contribution in [0.3, 0.4) is 0 Å². The lowest BCUT2D eigenvalue weighted by molar-refractivity contribution is -0.0580. The van der Waals surface area contributed by atoms with E-state index in [4.69, 9.17) is 30.1 Å². The van der Waals surface area contributed by atoms with Gasteiger partial charge in [-0.05, 0) is 72.4 Å². The Hall–Kier alpha value is -3.57. The van der Waals surface area contributed by atoms with Gasteiger partial charge in [0.05, 0.1) is 35.4 Å². The Labute approximate surface area is 265 Å². The number of likely N-dealkylation sites (N-methyl/N-ethyl adjacent to an activating group) is 1. The lowest BCUT2D eigenvalue weighted by atomic mass is 9.76. The summed E-state index contributed by atoms with van der Waals surface area (Å²) in [7, 11) is 2.18. The van der Waals surface area contributed by atoms with E-state index in [1.54, 1.807) is 0 Å². The number of thiophene rings is 1. The van der Waals surface area contributed by atoms with Gasteiger partial charge >= 0.3 is 0 Å². The molecule has 12 nitrogen and oxygen atoms in total. The Bertz CT molecular complexity index is 1830. The maximum absolute atomic E-state index is 11.0. The van der Waals surface area contributed by atoms with Crippen LogP contribution in [-0.4, -0.2) is 79.8 Å². The Balaban J connectivity index is 1.30. The van der Waals surface area contributed by atoms with Crippen molar-refractivity contribution in [2.45, 2.75) is 88.5 Å². The third kappa shape index (κ3) is 4.40. The van der Waals surface area contributed by atoms with Crippen molar-refractivity contribution < 1.29 is 14.4 Å². The fraction of sp³-hybridized carbons (Fsp3) is 0.594. The number of hydrogen-bond acceptors (Lipinski definition) is 12. The van der Waals surface area contributed by atoms with Crippen LogP contribution in [0.25, 0.3) is 22.6 Å². The quantitative estimate of drug-likeness (QED) is 0.334. The van der Waals surface area contributed by atoms with Gasteiger partial charge < -0.3 is 29.9 Å². The Morgan fingerprint density at radius 1 is 1.20 bits per heavy atom. The summed E-state index contributed by atoms with van der Waals surface area (Å²) in [6.07, 6.45) is 8.76. The first-order valence-electron chi connectivity index (χ1n) is 16.1. The fourth-order valence-electron chi connectivity index (χ4n) is 8.30.